The Morgan fingerprint density at radius 3 is 2.31 bits per heavy atom. The number of anilines is 1. The molecule has 1 fully saturated rings. The van der Waals surface area contributed by atoms with Crippen LogP contribution in [0.4, 0.5) is 10.1 Å². The number of ether oxygens (including phenoxy) is 1. The maximum Gasteiger partial charge on any atom is 0.337 e. The third-order valence-electron chi connectivity index (χ3n) is 9.73. The molecule has 1 unspecified atom stereocenters. The number of aromatic nitrogens is 1. The van der Waals surface area contributed by atoms with Gasteiger partial charge in [-0.2, -0.15) is 0 Å². The van der Waals surface area contributed by atoms with E-state index in [0.717, 1.165) is 73.5 Å². The Labute approximate surface area is 268 Å². The summed E-state index contributed by atoms with van der Waals surface area (Å²) < 4.78 is 20.6. The van der Waals surface area contributed by atoms with Crippen LogP contribution >= 0.6 is 0 Å². The number of aliphatic carboxylic acids is 1. The van der Waals surface area contributed by atoms with Crippen molar-refractivity contribution in [2.75, 3.05) is 24.5 Å². The molecule has 0 saturated carbocycles. The summed E-state index contributed by atoms with van der Waals surface area (Å²) in [4.78, 5) is 22.6. The van der Waals surface area contributed by atoms with E-state index in [1.54, 1.807) is 13.0 Å². The molecule has 3 heterocycles. The van der Waals surface area contributed by atoms with Crippen LogP contribution in [0, 0.1) is 32.0 Å². The first-order chi connectivity index (χ1) is 21.0. The van der Waals surface area contributed by atoms with Gasteiger partial charge in [-0.3, -0.25) is 9.88 Å². The van der Waals surface area contributed by atoms with E-state index in [-0.39, 0.29) is 17.3 Å². The number of pyridine rings is 1. The molecule has 2 aliphatic rings. The van der Waals surface area contributed by atoms with Gasteiger partial charge in [-0.1, -0.05) is 44.2 Å². The van der Waals surface area contributed by atoms with E-state index in [0.29, 0.717) is 16.8 Å². The highest BCUT2D eigenvalue weighted by Gasteiger charge is 2.36. The number of fused-ring (bicyclic) bond motifs is 1. The van der Waals surface area contributed by atoms with Gasteiger partial charge in [-0.25, -0.2) is 9.18 Å². The molecule has 1 N–H and O–H groups in total. The molecule has 242 valence electrons. The van der Waals surface area contributed by atoms with E-state index < -0.39 is 17.7 Å². The van der Waals surface area contributed by atoms with Gasteiger partial charge in [0.2, 0.25) is 0 Å². The summed E-state index contributed by atoms with van der Waals surface area (Å²) in [6, 6.07) is 12.3. The van der Waals surface area contributed by atoms with Crippen molar-refractivity contribution in [1.82, 2.24) is 9.88 Å². The van der Waals surface area contributed by atoms with Crippen LogP contribution in [-0.4, -0.2) is 46.2 Å². The number of carboxylic acid groups (broad SMARTS) is 1. The number of rotatable bonds is 7. The SMILES string of the molecule is Cc1ccc(C(C)N2CCc3cc(-c4c(C)nc(C)c([C@H](OC(C)(C)C)C(=O)O)c4N4CCC(C)(C)CC4)ccc3C2)cc1F. The number of hydrogen-bond donors (Lipinski definition) is 1. The minimum atomic E-state index is -1.14. The monoisotopic (exact) mass is 615 g/mol. The van der Waals surface area contributed by atoms with Gasteiger partial charge in [0.25, 0.3) is 0 Å². The highest BCUT2D eigenvalue weighted by molar-refractivity contribution is 5.88. The fourth-order valence-electron chi connectivity index (χ4n) is 6.90. The minimum Gasteiger partial charge on any atom is -0.479 e. The summed E-state index contributed by atoms with van der Waals surface area (Å²) in [6.45, 7) is 21.5. The van der Waals surface area contributed by atoms with Crippen LogP contribution in [0.15, 0.2) is 36.4 Å². The Hall–Kier alpha value is -3.29. The van der Waals surface area contributed by atoms with E-state index in [4.69, 9.17) is 9.72 Å². The summed E-state index contributed by atoms with van der Waals surface area (Å²) in [5.41, 5.74) is 9.04. The first kappa shape index (κ1) is 33.1. The largest absolute Gasteiger partial charge is 0.479 e. The van der Waals surface area contributed by atoms with Crippen molar-refractivity contribution < 1.29 is 19.0 Å². The fourth-order valence-corrected chi connectivity index (χ4v) is 6.90. The molecule has 3 aromatic rings. The third-order valence-corrected chi connectivity index (χ3v) is 9.73. The van der Waals surface area contributed by atoms with Gasteiger partial charge in [0.15, 0.2) is 6.10 Å². The summed E-state index contributed by atoms with van der Waals surface area (Å²) >= 11 is 0. The van der Waals surface area contributed by atoms with E-state index in [1.807, 2.05) is 46.8 Å². The Bertz CT molecular complexity index is 1580. The zero-order chi connectivity index (χ0) is 32.8. The molecule has 5 rings (SSSR count). The topological polar surface area (TPSA) is 65.9 Å². The minimum absolute atomic E-state index is 0.102. The molecule has 1 saturated heterocycles. The van der Waals surface area contributed by atoms with Crippen molar-refractivity contribution >= 4 is 11.7 Å². The lowest BCUT2D eigenvalue weighted by molar-refractivity contribution is -0.160. The Morgan fingerprint density at radius 1 is 1.00 bits per heavy atom. The van der Waals surface area contributed by atoms with Gasteiger partial charge in [-0.15, -0.1) is 0 Å². The molecule has 2 atom stereocenters. The van der Waals surface area contributed by atoms with Crippen molar-refractivity contribution in [2.24, 2.45) is 5.41 Å². The van der Waals surface area contributed by atoms with Crippen LogP contribution in [-0.2, 0) is 22.5 Å². The predicted molar refractivity (Wildman–Crippen MR) is 179 cm³/mol. The number of carbonyl (C=O) groups is 1. The zero-order valence-electron chi connectivity index (χ0n) is 28.6. The van der Waals surface area contributed by atoms with Crippen molar-refractivity contribution in [1.29, 1.82) is 0 Å². The zero-order valence-corrected chi connectivity index (χ0v) is 28.6. The molecule has 0 bridgehead atoms. The second kappa shape index (κ2) is 12.5. The van der Waals surface area contributed by atoms with Gasteiger partial charge in [0.05, 0.1) is 11.3 Å². The van der Waals surface area contributed by atoms with Crippen molar-refractivity contribution in [2.45, 2.75) is 106 Å². The van der Waals surface area contributed by atoms with Crippen LogP contribution < -0.4 is 4.90 Å². The number of carboxylic acids is 1. The lowest BCUT2D eigenvalue weighted by Crippen LogP contribution is -2.39. The van der Waals surface area contributed by atoms with Crippen LogP contribution in [0.3, 0.4) is 0 Å². The van der Waals surface area contributed by atoms with Gasteiger partial charge in [-0.05, 0) is 107 Å². The van der Waals surface area contributed by atoms with E-state index >= 15 is 0 Å². The smallest absolute Gasteiger partial charge is 0.337 e. The predicted octanol–water partition coefficient (Wildman–Crippen LogP) is 8.50. The lowest BCUT2D eigenvalue weighted by atomic mass is 9.81. The maximum absolute atomic E-state index is 14.3. The maximum atomic E-state index is 14.3. The first-order valence-corrected chi connectivity index (χ1v) is 16.3. The van der Waals surface area contributed by atoms with Gasteiger partial charge in [0, 0.05) is 54.7 Å². The summed E-state index contributed by atoms with van der Waals surface area (Å²) in [5.74, 6) is -1.16. The van der Waals surface area contributed by atoms with Crippen LogP contribution in [0.1, 0.15) is 106 Å². The molecule has 0 spiro atoms. The van der Waals surface area contributed by atoms with Crippen molar-refractivity contribution in [3.8, 4) is 11.1 Å². The Morgan fingerprint density at radius 2 is 1.69 bits per heavy atom. The molecule has 0 amide bonds. The molecule has 0 radical (unpaired) electrons. The summed E-state index contributed by atoms with van der Waals surface area (Å²) in [7, 11) is 0. The summed E-state index contributed by atoms with van der Waals surface area (Å²) in [6.07, 6.45) is 1.78. The molecule has 2 aromatic carbocycles. The molecule has 2 aliphatic heterocycles. The molecule has 45 heavy (non-hydrogen) atoms. The first-order valence-electron chi connectivity index (χ1n) is 16.3. The second-order valence-electron chi connectivity index (χ2n) is 14.9. The third kappa shape index (κ3) is 7.10. The number of aryl methyl sites for hydroxylation is 3. The highest BCUT2D eigenvalue weighted by atomic mass is 19.1. The number of piperidine rings is 1. The van der Waals surface area contributed by atoms with E-state index in [2.05, 4.69) is 48.8 Å². The van der Waals surface area contributed by atoms with Crippen LogP contribution in [0.2, 0.25) is 0 Å². The quantitative estimate of drug-likeness (QED) is 0.288. The standard InChI is InChI=1S/C38H50FN3O3/c1-23-10-11-27(21-31(23)39)26(4)42-17-14-28-20-29(12-13-30(28)22-42)32-24(2)40-25(3)33(35(36(43)44)45-37(5,6)7)34(32)41-18-15-38(8,9)16-19-41/h10-13,20-21,26,35H,14-19,22H2,1-9H3,(H,43,44)/t26?,35-/m0/s1. The number of benzene rings is 2. The van der Waals surface area contributed by atoms with Gasteiger partial charge < -0.3 is 14.7 Å². The fraction of sp³-hybridized carbons (Fsp3) is 0.526. The molecule has 1 aromatic heterocycles. The number of nitrogens with zero attached hydrogens (tertiary/aromatic N) is 3. The van der Waals surface area contributed by atoms with E-state index in [9.17, 15) is 14.3 Å². The average Bonchev–Trinajstić information content (AvgIpc) is 2.96. The number of halogens is 1. The molecular formula is C38H50FN3O3. The van der Waals surface area contributed by atoms with Crippen molar-refractivity contribution in [3.05, 3.63) is 81.4 Å². The Balaban J connectivity index is 1.57. The number of hydrogen-bond acceptors (Lipinski definition) is 5. The van der Waals surface area contributed by atoms with Crippen LogP contribution in [0.25, 0.3) is 11.1 Å². The highest BCUT2D eigenvalue weighted by Crippen LogP contribution is 2.45. The molecular weight excluding hydrogens is 565 g/mol. The molecule has 6 nitrogen and oxygen atoms in total. The molecule has 0 aliphatic carbocycles. The molecule has 7 heteroatoms. The summed E-state index contributed by atoms with van der Waals surface area (Å²) in [5, 5.41) is 10.5. The van der Waals surface area contributed by atoms with E-state index in [1.165, 1.54) is 11.1 Å². The van der Waals surface area contributed by atoms with Crippen LogP contribution in [0.5, 0.6) is 0 Å². The van der Waals surface area contributed by atoms with Crippen molar-refractivity contribution in [3.63, 3.8) is 0 Å². The van der Waals surface area contributed by atoms with Gasteiger partial charge in [0.1, 0.15) is 5.82 Å². The Kier molecular flexibility index (Phi) is 9.18. The average molecular weight is 616 g/mol. The van der Waals surface area contributed by atoms with Gasteiger partial charge >= 0.3 is 5.97 Å². The normalized spacial score (nSPS) is 18.4. The lowest BCUT2D eigenvalue weighted by Gasteiger charge is -2.41. The second-order valence-corrected chi connectivity index (χ2v) is 14.9.